The van der Waals surface area contributed by atoms with Gasteiger partial charge in [-0.25, -0.2) is 0 Å². The Morgan fingerprint density at radius 2 is 1.43 bits per heavy atom. The zero-order chi connectivity index (χ0) is 11.1. The van der Waals surface area contributed by atoms with Crippen molar-refractivity contribution in [1.82, 2.24) is 4.90 Å². The van der Waals surface area contributed by atoms with E-state index in [1.54, 1.807) is 0 Å². The summed E-state index contributed by atoms with van der Waals surface area (Å²) in [6.07, 6.45) is 2.66. The number of hydrogen-bond donors (Lipinski definition) is 0. The lowest BCUT2D eigenvalue weighted by Gasteiger charge is -2.52. The number of nitrogens with zero attached hydrogens (tertiary/aromatic N) is 1. The van der Waals surface area contributed by atoms with Gasteiger partial charge >= 0.3 is 0 Å². The minimum Gasteiger partial charge on any atom is -0.301 e. The minimum absolute atomic E-state index is 0.427. The third kappa shape index (κ3) is 1.98. The van der Waals surface area contributed by atoms with Crippen molar-refractivity contribution in [3.05, 3.63) is 0 Å². The highest BCUT2D eigenvalue weighted by atomic mass is 15.2. The highest BCUT2D eigenvalue weighted by Gasteiger charge is 2.44. The lowest BCUT2D eigenvalue weighted by atomic mass is 9.60. The van der Waals surface area contributed by atoms with Gasteiger partial charge in [-0.15, -0.1) is 0 Å². The van der Waals surface area contributed by atoms with Crippen LogP contribution in [0, 0.1) is 10.8 Å². The minimum atomic E-state index is 0.427. The molecule has 1 aliphatic rings. The summed E-state index contributed by atoms with van der Waals surface area (Å²) in [5.74, 6) is 0. The van der Waals surface area contributed by atoms with E-state index in [9.17, 15) is 0 Å². The van der Waals surface area contributed by atoms with E-state index in [-0.39, 0.29) is 0 Å². The lowest BCUT2D eigenvalue weighted by Crippen LogP contribution is -2.51. The smallest absolute Gasteiger partial charge is 0.00720 e. The predicted octanol–water partition coefficient (Wildman–Crippen LogP) is 3.54. The Balaban J connectivity index is 2.85. The molecule has 0 bridgehead atoms. The number of likely N-dealkylation sites (tertiary alicyclic amines) is 1. The van der Waals surface area contributed by atoms with Gasteiger partial charge in [0, 0.05) is 12.1 Å². The van der Waals surface area contributed by atoms with Gasteiger partial charge in [0.05, 0.1) is 0 Å². The van der Waals surface area contributed by atoms with E-state index in [2.05, 4.69) is 53.5 Å². The van der Waals surface area contributed by atoms with Crippen molar-refractivity contribution in [2.24, 2.45) is 10.8 Å². The molecular weight excluding hydrogens is 170 g/mol. The van der Waals surface area contributed by atoms with E-state index >= 15 is 0 Å². The van der Waals surface area contributed by atoms with Crippen LogP contribution in [0.5, 0.6) is 0 Å². The fraction of sp³-hybridized carbons (Fsp3) is 1.00. The second-order valence-corrected chi connectivity index (χ2v) is 6.58. The molecule has 1 aliphatic heterocycles. The van der Waals surface area contributed by atoms with Crippen LogP contribution in [-0.2, 0) is 0 Å². The first-order valence-electron chi connectivity index (χ1n) is 5.89. The van der Waals surface area contributed by atoms with E-state index < -0.39 is 0 Å². The SMILES string of the molecule is CC1CC(C)(C(C)(C)C)CC(C)N1C. The summed E-state index contributed by atoms with van der Waals surface area (Å²) in [5.41, 5.74) is 0.926. The van der Waals surface area contributed by atoms with E-state index in [1.807, 2.05) is 0 Å². The molecule has 0 aromatic heterocycles. The molecule has 1 rings (SSSR count). The summed E-state index contributed by atoms with van der Waals surface area (Å²) in [6, 6.07) is 1.45. The van der Waals surface area contributed by atoms with Crippen LogP contribution in [-0.4, -0.2) is 24.0 Å². The van der Waals surface area contributed by atoms with Crippen LogP contribution in [0.1, 0.15) is 54.4 Å². The fourth-order valence-corrected chi connectivity index (χ4v) is 2.72. The van der Waals surface area contributed by atoms with Crippen LogP contribution >= 0.6 is 0 Å². The summed E-state index contributed by atoms with van der Waals surface area (Å²) in [4.78, 5) is 2.52. The van der Waals surface area contributed by atoms with E-state index in [0.29, 0.717) is 10.8 Å². The van der Waals surface area contributed by atoms with E-state index in [0.717, 1.165) is 12.1 Å². The van der Waals surface area contributed by atoms with Crippen molar-refractivity contribution in [2.45, 2.75) is 66.5 Å². The molecule has 84 valence electrons. The summed E-state index contributed by atoms with van der Waals surface area (Å²) >= 11 is 0. The van der Waals surface area contributed by atoms with Crippen molar-refractivity contribution >= 4 is 0 Å². The van der Waals surface area contributed by atoms with Crippen molar-refractivity contribution in [1.29, 1.82) is 0 Å². The van der Waals surface area contributed by atoms with Crippen molar-refractivity contribution in [2.75, 3.05) is 7.05 Å². The molecular formula is C13H27N. The Kier molecular flexibility index (Phi) is 3.02. The van der Waals surface area contributed by atoms with E-state index in [4.69, 9.17) is 0 Å². The van der Waals surface area contributed by atoms with Gasteiger partial charge in [-0.05, 0) is 44.6 Å². The van der Waals surface area contributed by atoms with Crippen molar-refractivity contribution < 1.29 is 0 Å². The second kappa shape index (κ2) is 3.52. The van der Waals surface area contributed by atoms with Gasteiger partial charge in [-0.1, -0.05) is 27.7 Å². The maximum Gasteiger partial charge on any atom is 0.00720 e. The van der Waals surface area contributed by atoms with Crippen LogP contribution in [0.4, 0.5) is 0 Å². The highest BCUT2D eigenvalue weighted by molar-refractivity contribution is 4.96. The molecule has 1 heterocycles. The first kappa shape index (κ1) is 12.0. The van der Waals surface area contributed by atoms with Gasteiger partial charge < -0.3 is 4.90 Å². The van der Waals surface area contributed by atoms with E-state index in [1.165, 1.54) is 12.8 Å². The maximum atomic E-state index is 2.52. The summed E-state index contributed by atoms with van der Waals surface area (Å²) < 4.78 is 0. The zero-order valence-electron chi connectivity index (χ0n) is 11.0. The number of rotatable bonds is 0. The third-order valence-corrected chi connectivity index (χ3v) is 4.69. The largest absolute Gasteiger partial charge is 0.301 e. The molecule has 0 aromatic carbocycles. The molecule has 2 unspecified atom stereocenters. The number of hydrogen-bond acceptors (Lipinski definition) is 1. The molecule has 0 aliphatic carbocycles. The molecule has 0 spiro atoms. The van der Waals surface area contributed by atoms with Crippen LogP contribution in [0.3, 0.4) is 0 Å². The Labute approximate surface area is 89.9 Å². The summed E-state index contributed by atoms with van der Waals surface area (Å²) in [7, 11) is 2.26. The van der Waals surface area contributed by atoms with Gasteiger partial charge in [-0.2, -0.15) is 0 Å². The summed E-state index contributed by atoms with van der Waals surface area (Å²) in [6.45, 7) is 14.3. The molecule has 0 amide bonds. The standard InChI is InChI=1S/C13H27N/c1-10-8-13(6,12(3,4)5)9-11(2)14(10)7/h10-11H,8-9H2,1-7H3. The topological polar surface area (TPSA) is 3.24 Å². The Morgan fingerprint density at radius 1 is 1.07 bits per heavy atom. The molecule has 0 N–H and O–H groups in total. The highest BCUT2D eigenvalue weighted by Crippen LogP contribution is 2.49. The quantitative estimate of drug-likeness (QED) is 0.574. The average molecular weight is 197 g/mol. The molecule has 1 heteroatoms. The van der Waals surface area contributed by atoms with Gasteiger partial charge in [0.1, 0.15) is 0 Å². The van der Waals surface area contributed by atoms with Crippen molar-refractivity contribution in [3.63, 3.8) is 0 Å². The lowest BCUT2D eigenvalue weighted by molar-refractivity contribution is -0.0253. The van der Waals surface area contributed by atoms with Crippen LogP contribution in [0.25, 0.3) is 0 Å². The fourth-order valence-electron chi connectivity index (χ4n) is 2.72. The van der Waals surface area contributed by atoms with Crippen molar-refractivity contribution in [3.8, 4) is 0 Å². The van der Waals surface area contributed by atoms with Crippen LogP contribution in [0.2, 0.25) is 0 Å². The Morgan fingerprint density at radius 3 is 1.71 bits per heavy atom. The van der Waals surface area contributed by atoms with Gasteiger partial charge in [-0.3, -0.25) is 0 Å². The maximum absolute atomic E-state index is 2.52. The van der Waals surface area contributed by atoms with Gasteiger partial charge in [0.2, 0.25) is 0 Å². The van der Waals surface area contributed by atoms with Crippen LogP contribution in [0.15, 0.2) is 0 Å². The Hall–Kier alpha value is -0.0400. The monoisotopic (exact) mass is 197 g/mol. The average Bonchev–Trinajstić information content (AvgIpc) is 1.98. The Bertz CT molecular complexity index is 190. The van der Waals surface area contributed by atoms with Gasteiger partial charge in [0.15, 0.2) is 0 Å². The predicted molar refractivity (Wildman–Crippen MR) is 63.5 cm³/mol. The van der Waals surface area contributed by atoms with Crippen LogP contribution < -0.4 is 0 Å². The molecule has 0 aromatic rings. The normalized spacial score (nSPS) is 41.4. The molecule has 14 heavy (non-hydrogen) atoms. The molecule has 2 atom stereocenters. The second-order valence-electron chi connectivity index (χ2n) is 6.58. The molecule has 1 saturated heterocycles. The molecule has 1 fully saturated rings. The molecule has 0 saturated carbocycles. The third-order valence-electron chi connectivity index (χ3n) is 4.69. The first-order valence-corrected chi connectivity index (χ1v) is 5.89. The molecule has 1 nitrogen and oxygen atoms in total. The van der Waals surface area contributed by atoms with Gasteiger partial charge in [0.25, 0.3) is 0 Å². The molecule has 0 radical (unpaired) electrons. The summed E-state index contributed by atoms with van der Waals surface area (Å²) in [5, 5.41) is 0. The number of piperidine rings is 1. The first-order chi connectivity index (χ1) is 6.17. The zero-order valence-corrected chi connectivity index (χ0v) is 11.0.